The van der Waals surface area contributed by atoms with Crippen LogP contribution in [-0.2, 0) is 19.6 Å². The minimum absolute atomic E-state index is 0.0898. The molecular formula is C23H23FN4O4S2. The number of carbonyl (C=O) groups excluding carboxylic acids is 1. The van der Waals surface area contributed by atoms with E-state index < -0.39 is 27.7 Å². The van der Waals surface area contributed by atoms with Crippen LogP contribution in [0.1, 0.15) is 12.8 Å². The van der Waals surface area contributed by atoms with E-state index in [0.29, 0.717) is 16.6 Å². The Morgan fingerprint density at radius 3 is 2.65 bits per heavy atom. The summed E-state index contributed by atoms with van der Waals surface area (Å²) in [6.07, 6.45) is 4.45. The summed E-state index contributed by atoms with van der Waals surface area (Å²) in [6.45, 7) is 1.94. The third-order valence-electron chi connectivity index (χ3n) is 6.94. The zero-order chi connectivity index (χ0) is 23.5. The van der Waals surface area contributed by atoms with E-state index >= 15 is 0 Å². The number of ether oxygens (including phenoxy) is 1. The van der Waals surface area contributed by atoms with E-state index in [1.54, 1.807) is 23.4 Å². The van der Waals surface area contributed by atoms with Gasteiger partial charge in [-0.15, -0.1) is 11.3 Å². The number of piperazine rings is 1. The monoisotopic (exact) mass is 502 g/mol. The first-order chi connectivity index (χ1) is 16.3. The van der Waals surface area contributed by atoms with Crippen molar-refractivity contribution in [3.05, 3.63) is 54.6 Å². The van der Waals surface area contributed by atoms with Gasteiger partial charge in [-0.3, -0.25) is 9.78 Å². The highest BCUT2D eigenvalue weighted by Crippen LogP contribution is 2.39. The third kappa shape index (κ3) is 3.67. The molecule has 3 saturated heterocycles. The minimum atomic E-state index is -3.91. The van der Waals surface area contributed by atoms with Gasteiger partial charge in [-0.25, -0.2) is 12.8 Å². The highest BCUT2D eigenvalue weighted by molar-refractivity contribution is 7.91. The summed E-state index contributed by atoms with van der Waals surface area (Å²) in [5.41, 5.74) is 0.649. The molecule has 0 N–H and O–H groups in total. The van der Waals surface area contributed by atoms with E-state index in [0.717, 1.165) is 43.0 Å². The molecule has 34 heavy (non-hydrogen) atoms. The van der Waals surface area contributed by atoms with Crippen molar-refractivity contribution < 1.29 is 22.3 Å². The number of thiophene rings is 1. The molecular weight excluding hydrogens is 479 g/mol. The number of carbonyl (C=O) groups is 1. The Morgan fingerprint density at radius 2 is 1.88 bits per heavy atom. The average molecular weight is 503 g/mol. The number of fused-ring (bicyclic) bond motifs is 2. The maximum atomic E-state index is 13.6. The van der Waals surface area contributed by atoms with Crippen LogP contribution >= 0.6 is 11.3 Å². The lowest BCUT2D eigenvalue weighted by atomic mass is 9.91. The van der Waals surface area contributed by atoms with Gasteiger partial charge in [-0.2, -0.15) is 4.31 Å². The number of halogens is 1. The molecule has 178 valence electrons. The van der Waals surface area contributed by atoms with Gasteiger partial charge in [0.1, 0.15) is 16.3 Å². The molecule has 3 aliphatic heterocycles. The number of pyridine rings is 1. The van der Waals surface area contributed by atoms with Gasteiger partial charge in [0, 0.05) is 35.9 Å². The van der Waals surface area contributed by atoms with Crippen LogP contribution in [0.25, 0.3) is 10.1 Å². The maximum absolute atomic E-state index is 13.6. The number of aromatic nitrogens is 1. The fourth-order valence-corrected chi connectivity index (χ4v) is 8.01. The van der Waals surface area contributed by atoms with Crippen LogP contribution in [0, 0.1) is 5.82 Å². The molecule has 6 rings (SSSR count). The summed E-state index contributed by atoms with van der Waals surface area (Å²) in [4.78, 5) is 21.0. The van der Waals surface area contributed by atoms with Crippen LogP contribution in [0.5, 0.6) is 0 Å². The molecule has 3 aliphatic rings. The molecule has 1 aromatic carbocycles. The first kappa shape index (κ1) is 21.9. The molecule has 1 unspecified atom stereocenters. The van der Waals surface area contributed by atoms with Crippen LogP contribution in [-0.4, -0.2) is 73.1 Å². The van der Waals surface area contributed by atoms with E-state index in [-0.39, 0.29) is 23.2 Å². The van der Waals surface area contributed by atoms with Gasteiger partial charge in [0.2, 0.25) is 5.91 Å². The number of hydrogen-bond acceptors (Lipinski definition) is 7. The van der Waals surface area contributed by atoms with E-state index in [9.17, 15) is 17.6 Å². The second kappa shape index (κ2) is 7.98. The second-order valence-electron chi connectivity index (χ2n) is 9.01. The quantitative estimate of drug-likeness (QED) is 0.548. The standard InChI is InChI=1S/C23H23FN4O4S2/c24-17-1-2-19-16(11-17)12-22(33-19)34(30,31)27-13-20(29)28-15-23(32-21(28)14-27)5-9-26(10-6-23)18-3-7-25-8-4-18/h1-4,7-8,11-12,21H,5-6,9-10,13-15H2. The molecule has 0 bridgehead atoms. The Hall–Kier alpha value is -2.60. The van der Waals surface area contributed by atoms with Crippen molar-refractivity contribution in [2.24, 2.45) is 0 Å². The van der Waals surface area contributed by atoms with Crippen molar-refractivity contribution in [1.82, 2.24) is 14.2 Å². The zero-order valence-corrected chi connectivity index (χ0v) is 19.9. The van der Waals surface area contributed by atoms with Gasteiger partial charge >= 0.3 is 0 Å². The van der Waals surface area contributed by atoms with Gasteiger partial charge in [0.25, 0.3) is 10.0 Å². The lowest BCUT2D eigenvalue weighted by Gasteiger charge is -2.39. The third-order valence-corrected chi connectivity index (χ3v) is 10.3. The molecule has 8 nitrogen and oxygen atoms in total. The molecule has 0 saturated carbocycles. The molecule has 3 fully saturated rings. The Labute approximate surface area is 200 Å². The fraction of sp³-hybridized carbons (Fsp3) is 0.391. The van der Waals surface area contributed by atoms with Crippen molar-refractivity contribution in [2.75, 3.05) is 37.6 Å². The lowest BCUT2D eigenvalue weighted by Crippen LogP contribution is -2.55. The van der Waals surface area contributed by atoms with Crippen LogP contribution in [0.3, 0.4) is 0 Å². The van der Waals surface area contributed by atoms with Crippen LogP contribution < -0.4 is 4.90 Å². The molecule has 1 atom stereocenters. The summed E-state index contributed by atoms with van der Waals surface area (Å²) in [5.74, 6) is -0.668. The number of benzene rings is 1. The predicted molar refractivity (Wildman–Crippen MR) is 126 cm³/mol. The number of sulfonamides is 1. The molecule has 5 heterocycles. The van der Waals surface area contributed by atoms with Crippen LogP contribution in [0.4, 0.5) is 10.1 Å². The topological polar surface area (TPSA) is 83.0 Å². The number of nitrogens with zero attached hydrogens (tertiary/aromatic N) is 4. The van der Waals surface area contributed by atoms with E-state index in [4.69, 9.17) is 4.74 Å². The van der Waals surface area contributed by atoms with Crippen LogP contribution in [0.2, 0.25) is 0 Å². The normalized spacial score (nSPS) is 23.1. The number of hydrogen-bond donors (Lipinski definition) is 0. The molecule has 0 aliphatic carbocycles. The maximum Gasteiger partial charge on any atom is 0.253 e. The minimum Gasteiger partial charge on any atom is -0.371 e. The van der Waals surface area contributed by atoms with Crippen molar-refractivity contribution in [2.45, 2.75) is 28.9 Å². The molecule has 1 spiro atoms. The smallest absolute Gasteiger partial charge is 0.253 e. The fourth-order valence-electron chi connectivity index (χ4n) is 5.10. The number of anilines is 1. The Kier molecular flexibility index (Phi) is 5.14. The highest BCUT2D eigenvalue weighted by atomic mass is 32.2. The van der Waals surface area contributed by atoms with E-state index in [2.05, 4.69) is 9.88 Å². The van der Waals surface area contributed by atoms with E-state index in [1.807, 2.05) is 12.1 Å². The first-order valence-corrected chi connectivity index (χ1v) is 13.4. The Morgan fingerprint density at radius 1 is 1.12 bits per heavy atom. The summed E-state index contributed by atoms with van der Waals surface area (Å²) in [7, 11) is -3.91. The molecule has 1 amide bonds. The zero-order valence-electron chi connectivity index (χ0n) is 18.3. The van der Waals surface area contributed by atoms with Gasteiger partial charge in [-0.05, 0) is 54.6 Å². The van der Waals surface area contributed by atoms with Gasteiger partial charge in [0.15, 0.2) is 0 Å². The SMILES string of the molecule is O=C1CN(S(=O)(=O)c2cc3cc(F)ccc3s2)CC2OC3(CCN(c4ccncc4)CC3)CN12. The molecule has 0 radical (unpaired) electrons. The molecule has 2 aromatic heterocycles. The summed E-state index contributed by atoms with van der Waals surface area (Å²) in [6, 6.07) is 9.62. The number of piperidine rings is 1. The van der Waals surface area contributed by atoms with Crippen molar-refractivity contribution in [3.63, 3.8) is 0 Å². The van der Waals surface area contributed by atoms with Crippen LogP contribution in [0.15, 0.2) is 53.0 Å². The van der Waals surface area contributed by atoms with Gasteiger partial charge in [0.05, 0.1) is 25.2 Å². The number of rotatable bonds is 3. The summed E-state index contributed by atoms with van der Waals surface area (Å²) < 4.78 is 48.6. The highest BCUT2D eigenvalue weighted by Gasteiger charge is 2.52. The molecule has 11 heteroatoms. The number of amides is 1. The predicted octanol–water partition coefficient (Wildman–Crippen LogP) is 2.66. The lowest BCUT2D eigenvalue weighted by molar-refractivity contribution is -0.144. The van der Waals surface area contributed by atoms with Gasteiger partial charge < -0.3 is 14.5 Å². The summed E-state index contributed by atoms with van der Waals surface area (Å²) in [5, 5.41) is 0.533. The van der Waals surface area contributed by atoms with Crippen molar-refractivity contribution in [3.8, 4) is 0 Å². The van der Waals surface area contributed by atoms with Gasteiger partial charge in [-0.1, -0.05) is 0 Å². The Bertz CT molecular complexity index is 1360. The first-order valence-electron chi connectivity index (χ1n) is 11.1. The summed E-state index contributed by atoms with van der Waals surface area (Å²) >= 11 is 1.08. The Balaban J connectivity index is 1.19. The largest absolute Gasteiger partial charge is 0.371 e. The molecule has 3 aromatic rings. The second-order valence-corrected chi connectivity index (χ2v) is 12.3. The van der Waals surface area contributed by atoms with Crippen molar-refractivity contribution >= 4 is 43.0 Å². The van der Waals surface area contributed by atoms with Crippen molar-refractivity contribution in [1.29, 1.82) is 0 Å². The average Bonchev–Trinajstić information content (AvgIpc) is 3.42. The van der Waals surface area contributed by atoms with E-state index in [1.165, 1.54) is 22.5 Å².